The Labute approximate surface area is 115 Å². The highest BCUT2D eigenvalue weighted by atomic mass is 16.2. The lowest BCUT2D eigenvalue weighted by atomic mass is 10.0. The van der Waals surface area contributed by atoms with Gasteiger partial charge in [0.15, 0.2) is 0 Å². The van der Waals surface area contributed by atoms with Crippen LogP contribution in [0.1, 0.15) is 33.6 Å². The van der Waals surface area contributed by atoms with Crippen molar-refractivity contribution in [1.29, 1.82) is 5.26 Å². The molecule has 1 aliphatic heterocycles. The van der Waals surface area contributed by atoms with Crippen LogP contribution < -0.4 is 5.32 Å². The lowest BCUT2D eigenvalue weighted by Crippen LogP contribution is -2.58. The highest BCUT2D eigenvalue weighted by molar-refractivity contribution is 5.81. The number of amides is 1. The Hall–Kier alpha value is -1.12. The predicted molar refractivity (Wildman–Crippen MR) is 73.5 cm³/mol. The largest absolute Gasteiger partial charge is 0.352 e. The SMILES string of the molecule is CC(C(=O)NC1CC1)N1CCN(C(C)(C)C#N)CC1. The quantitative estimate of drug-likeness (QED) is 0.806. The third-order valence-corrected chi connectivity index (χ3v) is 4.23. The zero-order chi connectivity index (χ0) is 14.0. The molecular weight excluding hydrogens is 240 g/mol. The normalized spacial score (nSPS) is 23.7. The molecule has 19 heavy (non-hydrogen) atoms. The van der Waals surface area contributed by atoms with Crippen molar-refractivity contribution in [2.24, 2.45) is 0 Å². The average Bonchev–Trinajstić information content (AvgIpc) is 3.22. The lowest BCUT2D eigenvalue weighted by molar-refractivity contribution is -0.126. The van der Waals surface area contributed by atoms with E-state index >= 15 is 0 Å². The number of hydrogen-bond acceptors (Lipinski definition) is 4. The summed E-state index contributed by atoms with van der Waals surface area (Å²) in [5.74, 6) is 0.149. The molecule has 0 bridgehead atoms. The van der Waals surface area contributed by atoms with Gasteiger partial charge in [-0.15, -0.1) is 0 Å². The van der Waals surface area contributed by atoms with Crippen LogP contribution in [0.5, 0.6) is 0 Å². The maximum absolute atomic E-state index is 12.0. The van der Waals surface area contributed by atoms with Crippen molar-refractivity contribution in [2.45, 2.75) is 51.2 Å². The minimum Gasteiger partial charge on any atom is -0.352 e. The van der Waals surface area contributed by atoms with Gasteiger partial charge in [-0.2, -0.15) is 5.26 Å². The molecule has 0 spiro atoms. The second-order valence-corrected chi connectivity index (χ2v) is 6.15. The molecule has 0 aromatic heterocycles. The number of nitriles is 1. The molecular formula is C14H24N4O. The van der Waals surface area contributed by atoms with Gasteiger partial charge in [0.05, 0.1) is 12.1 Å². The van der Waals surface area contributed by atoms with Crippen LogP contribution >= 0.6 is 0 Å². The van der Waals surface area contributed by atoms with Crippen LogP contribution in [0.2, 0.25) is 0 Å². The third-order valence-electron chi connectivity index (χ3n) is 4.23. The Morgan fingerprint density at radius 1 is 1.32 bits per heavy atom. The van der Waals surface area contributed by atoms with E-state index in [0.717, 1.165) is 39.0 Å². The number of hydrogen-bond donors (Lipinski definition) is 1. The summed E-state index contributed by atoms with van der Waals surface area (Å²) in [4.78, 5) is 16.4. The van der Waals surface area contributed by atoms with Gasteiger partial charge in [0, 0.05) is 32.2 Å². The first kappa shape index (κ1) is 14.3. The van der Waals surface area contributed by atoms with E-state index in [2.05, 4.69) is 21.2 Å². The Morgan fingerprint density at radius 3 is 2.37 bits per heavy atom. The predicted octanol–water partition coefficient (Wildman–Crippen LogP) is 0.573. The standard InChI is InChI=1S/C14H24N4O/c1-11(13(19)16-12-4-5-12)17-6-8-18(9-7-17)14(2,3)10-15/h11-12H,4-9H2,1-3H3,(H,16,19). The van der Waals surface area contributed by atoms with E-state index < -0.39 is 5.54 Å². The maximum Gasteiger partial charge on any atom is 0.237 e. The molecule has 5 nitrogen and oxygen atoms in total. The summed E-state index contributed by atoms with van der Waals surface area (Å²) in [6.45, 7) is 9.28. The van der Waals surface area contributed by atoms with Crippen molar-refractivity contribution in [3.05, 3.63) is 0 Å². The molecule has 2 rings (SSSR count). The molecule has 106 valence electrons. The van der Waals surface area contributed by atoms with Crippen molar-refractivity contribution in [1.82, 2.24) is 15.1 Å². The van der Waals surface area contributed by atoms with Gasteiger partial charge < -0.3 is 5.32 Å². The monoisotopic (exact) mass is 264 g/mol. The second-order valence-electron chi connectivity index (χ2n) is 6.15. The summed E-state index contributed by atoms with van der Waals surface area (Å²) in [6.07, 6.45) is 2.26. The van der Waals surface area contributed by atoms with E-state index in [1.54, 1.807) is 0 Å². The number of nitrogens with zero attached hydrogens (tertiary/aromatic N) is 3. The van der Waals surface area contributed by atoms with Gasteiger partial charge in [-0.3, -0.25) is 14.6 Å². The molecule has 1 aliphatic carbocycles. The molecule has 1 saturated heterocycles. The van der Waals surface area contributed by atoms with Gasteiger partial charge in [-0.1, -0.05) is 0 Å². The van der Waals surface area contributed by atoms with Gasteiger partial charge >= 0.3 is 0 Å². The fourth-order valence-electron chi connectivity index (χ4n) is 2.45. The summed E-state index contributed by atoms with van der Waals surface area (Å²) in [5.41, 5.74) is -0.411. The first-order valence-corrected chi connectivity index (χ1v) is 7.15. The van der Waals surface area contributed by atoms with Gasteiger partial charge in [0.2, 0.25) is 5.91 Å². The zero-order valence-corrected chi connectivity index (χ0v) is 12.1. The second kappa shape index (κ2) is 5.48. The summed E-state index contributed by atoms with van der Waals surface area (Å²) in [7, 11) is 0. The average molecular weight is 264 g/mol. The van der Waals surface area contributed by atoms with Crippen LogP contribution in [0.4, 0.5) is 0 Å². The lowest BCUT2D eigenvalue weighted by Gasteiger charge is -2.42. The van der Waals surface area contributed by atoms with Crippen molar-refractivity contribution in [3.8, 4) is 6.07 Å². The summed E-state index contributed by atoms with van der Waals surface area (Å²) in [6, 6.07) is 2.70. The van der Waals surface area contributed by atoms with Crippen LogP contribution in [-0.4, -0.2) is 59.5 Å². The van der Waals surface area contributed by atoms with Crippen LogP contribution in [0.15, 0.2) is 0 Å². The number of carbonyl (C=O) groups excluding carboxylic acids is 1. The first-order chi connectivity index (χ1) is 8.94. The molecule has 1 saturated carbocycles. The minimum atomic E-state index is -0.411. The van der Waals surface area contributed by atoms with E-state index in [1.807, 2.05) is 20.8 Å². The maximum atomic E-state index is 12.0. The number of piperazine rings is 1. The molecule has 1 amide bonds. The number of rotatable bonds is 4. The molecule has 1 heterocycles. The molecule has 1 unspecified atom stereocenters. The van der Waals surface area contributed by atoms with Crippen molar-refractivity contribution in [2.75, 3.05) is 26.2 Å². The molecule has 0 aromatic carbocycles. The van der Waals surface area contributed by atoms with E-state index in [4.69, 9.17) is 5.26 Å². The molecule has 2 fully saturated rings. The smallest absolute Gasteiger partial charge is 0.237 e. The van der Waals surface area contributed by atoms with Crippen molar-refractivity contribution >= 4 is 5.91 Å². The highest BCUT2D eigenvalue weighted by Crippen LogP contribution is 2.20. The van der Waals surface area contributed by atoms with Crippen LogP contribution in [-0.2, 0) is 4.79 Å². The summed E-state index contributed by atoms with van der Waals surface area (Å²) >= 11 is 0. The third kappa shape index (κ3) is 3.46. The molecule has 0 aromatic rings. The van der Waals surface area contributed by atoms with Crippen LogP contribution in [0, 0.1) is 11.3 Å². The minimum absolute atomic E-state index is 0.0621. The van der Waals surface area contributed by atoms with Gasteiger partial charge in [-0.25, -0.2) is 0 Å². The molecule has 1 atom stereocenters. The Bertz CT molecular complexity index is 375. The Kier molecular flexibility index (Phi) is 4.12. The topological polar surface area (TPSA) is 59.4 Å². The Morgan fingerprint density at radius 2 is 1.89 bits per heavy atom. The fourth-order valence-corrected chi connectivity index (χ4v) is 2.45. The molecule has 2 aliphatic rings. The van der Waals surface area contributed by atoms with Crippen LogP contribution in [0.25, 0.3) is 0 Å². The fraction of sp³-hybridized carbons (Fsp3) is 0.857. The highest BCUT2D eigenvalue weighted by Gasteiger charge is 2.33. The van der Waals surface area contributed by atoms with Gasteiger partial charge in [0.1, 0.15) is 5.54 Å². The van der Waals surface area contributed by atoms with Gasteiger partial charge in [0.25, 0.3) is 0 Å². The molecule has 0 radical (unpaired) electrons. The summed E-state index contributed by atoms with van der Waals surface area (Å²) in [5, 5.41) is 12.2. The number of carbonyl (C=O) groups is 1. The summed E-state index contributed by atoms with van der Waals surface area (Å²) < 4.78 is 0. The van der Waals surface area contributed by atoms with E-state index in [1.165, 1.54) is 0 Å². The van der Waals surface area contributed by atoms with Gasteiger partial charge in [-0.05, 0) is 33.6 Å². The first-order valence-electron chi connectivity index (χ1n) is 7.15. The van der Waals surface area contributed by atoms with Crippen molar-refractivity contribution in [3.63, 3.8) is 0 Å². The zero-order valence-electron chi connectivity index (χ0n) is 12.1. The van der Waals surface area contributed by atoms with E-state index in [9.17, 15) is 4.79 Å². The van der Waals surface area contributed by atoms with E-state index in [-0.39, 0.29) is 11.9 Å². The van der Waals surface area contributed by atoms with E-state index in [0.29, 0.717) is 6.04 Å². The number of nitrogens with one attached hydrogen (secondary N) is 1. The van der Waals surface area contributed by atoms with Crippen molar-refractivity contribution < 1.29 is 4.79 Å². The molecule has 1 N–H and O–H groups in total. The Balaban J connectivity index is 1.82. The van der Waals surface area contributed by atoms with Crippen LogP contribution in [0.3, 0.4) is 0 Å². The molecule has 5 heteroatoms.